The molecule has 1 unspecified atom stereocenters. The van der Waals surface area contributed by atoms with E-state index in [9.17, 15) is 4.79 Å². The molecule has 0 bridgehead atoms. The van der Waals surface area contributed by atoms with E-state index in [-0.39, 0.29) is 5.56 Å². The third-order valence-electron chi connectivity index (χ3n) is 2.18. The van der Waals surface area contributed by atoms with E-state index in [0.29, 0.717) is 6.04 Å². The van der Waals surface area contributed by atoms with Gasteiger partial charge in [-0.1, -0.05) is 0 Å². The van der Waals surface area contributed by atoms with Gasteiger partial charge in [0.2, 0.25) is 0 Å². The van der Waals surface area contributed by atoms with Crippen LogP contribution in [0.2, 0.25) is 0 Å². The number of nitrogens with one attached hydrogen (secondary N) is 1. The summed E-state index contributed by atoms with van der Waals surface area (Å²) in [4.78, 5) is 15.2. The molecule has 0 saturated carbocycles. The van der Waals surface area contributed by atoms with Crippen molar-refractivity contribution in [2.24, 2.45) is 0 Å². The molecule has 4 heteroatoms. The van der Waals surface area contributed by atoms with E-state index in [1.807, 2.05) is 0 Å². The molecular formula is C8H11N3O. The summed E-state index contributed by atoms with van der Waals surface area (Å²) >= 11 is 0. The first kappa shape index (κ1) is 7.49. The number of aromatic nitrogens is 2. The fraction of sp³-hybridized carbons (Fsp3) is 0.500. The molecule has 12 heavy (non-hydrogen) atoms. The first-order chi connectivity index (χ1) is 5.88. The molecule has 1 aromatic heterocycles. The Kier molecular flexibility index (Phi) is 1.91. The molecule has 1 aliphatic rings. The van der Waals surface area contributed by atoms with Gasteiger partial charge >= 0.3 is 0 Å². The van der Waals surface area contributed by atoms with Crippen molar-refractivity contribution < 1.29 is 0 Å². The zero-order chi connectivity index (χ0) is 8.39. The van der Waals surface area contributed by atoms with Crippen molar-refractivity contribution in [3.05, 3.63) is 28.9 Å². The van der Waals surface area contributed by atoms with Crippen LogP contribution >= 0.6 is 0 Å². The maximum atomic E-state index is 11.3. The van der Waals surface area contributed by atoms with E-state index in [2.05, 4.69) is 10.3 Å². The summed E-state index contributed by atoms with van der Waals surface area (Å²) < 4.78 is 1.69. The molecule has 1 atom stereocenters. The summed E-state index contributed by atoms with van der Waals surface area (Å²) in [7, 11) is 0. The topological polar surface area (TPSA) is 46.9 Å². The fourth-order valence-corrected chi connectivity index (χ4v) is 1.51. The first-order valence-electron chi connectivity index (χ1n) is 4.11. The Labute approximate surface area is 70.2 Å². The van der Waals surface area contributed by atoms with Gasteiger partial charge in [-0.2, -0.15) is 0 Å². The Balaban J connectivity index is 2.32. The standard InChI is InChI=1S/C8H11N3O/c12-8-2-4-10-6-11(8)7-1-3-9-5-7/h2,4,6-7,9H,1,3,5H2. The van der Waals surface area contributed by atoms with Crippen LogP contribution in [0.4, 0.5) is 0 Å². The van der Waals surface area contributed by atoms with Crippen LogP contribution < -0.4 is 10.9 Å². The monoisotopic (exact) mass is 165 g/mol. The normalized spacial score (nSPS) is 22.8. The summed E-state index contributed by atoms with van der Waals surface area (Å²) in [5.74, 6) is 0. The van der Waals surface area contributed by atoms with Gasteiger partial charge in [0.05, 0.1) is 12.4 Å². The van der Waals surface area contributed by atoms with E-state index < -0.39 is 0 Å². The highest BCUT2D eigenvalue weighted by Gasteiger charge is 2.16. The van der Waals surface area contributed by atoms with E-state index >= 15 is 0 Å². The molecule has 1 aliphatic heterocycles. The lowest BCUT2D eigenvalue weighted by atomic mass is 10.2. The van der Waals surface area contributed by atoms with Crippen molar-refractivity contribution in [3.63, 3.8) is 0 Å². The third-order valence-corrected chi connectivity index (χ3v) is 2.18. The summed E-state index contributed by atoms with van der Waals surface area (Å²) in [6.45, 7) is 1.87. The average molecular weight is 165 g/mol. The highest BCUT2D eigenvalue weighted by Crippen LogP contribution is 2.10. The molecule has 0 aromatic carbocycles. The van der Waals surface area contributed by atoms with E-state index in [1.54, 1.807) is 10.9 Å². The van der Waals surface area contributed by atoms with Crippen molar-refractivity contribution in [1.82, 2.24) is 14.9 Å². The van der Waals surface area contributed by atoms with Gasteiger partial charge in [-0.05, 0) is 13.0 Å². The van der Waals surface area contributed by atoms with Crippen LogP contribution in [0, 0.1) is 0 Å². The van der Waals surface area contributed by atoms with Crippen LogP contribution in [0.15, 0.2) is 23.4 Å². The Morgan fingerprint density at radius 1 is 1.67 bits per heavy atom. The van der Waals surface area contributed by atoms with Crippen molar-refractivity contribution in [1.29, 1.82) is 0 Å². The van der Waals surface area contributed by atoms with Crippen LogP contribution in [-0.2, 0) is 0 Å². The summed E-state index contributed by atoms with van der Waals surface area (Å²) in [5.41, 5.74) is 0.0405. The maximum Gasteiger partial charge on any atom is 0.253 e. The second-order valence-corrected chi connectivity index (χ2v) is 2.97. The van der Waals surface area contributed by atoms with Crippen molar-refractivity contribution in [2.45, 2.75) is 12.5 Å². The Morgan fingerprint density at radius 3 is 3.25 bits per heavy atom. The van der Waals surface area contributed by atoms with Crippen molar-refractivity contribution in [2.75, 3.05) is 13.1 Å². The Hall–Kier alpha value is -1.16. The molecule has 1 fully saturated rings. The van der Waals surface area contributed by atoms with Gasteiger partial charge < -0.3 is 5.32 Å². The van der Waals surface area contributed by atoms with Gasteiger partial charge in [-0.15, -0.1) is 0 Å². The second-order valence-electron chi connectivity index (χ2n) is 2.97. The van der Waals surface area contributed by atoms with Crippen molar-refractivity contribution in [3.8, 4) is 0 Å². The lowest BCUT2D eigenvalue weighted by Gasteiger charge is -2.10. The van der Waals surface area contributed by atoms with Gasteiger partial charge in [-0.3, -0.25) is 9.36 Å². The van der Waals surface area contributed by atoms with E-state index in [1.165, 1.54) is 12.3 Å². The molecule has 2 rings (SSSR count). The lowest BCUT2D eigenvalue weighted by Crippen LogP contribution is -2.25. The van der Waals surface area contributed by atoms with E-state index in [4.69, 9.17) is 0 Å². The average Bonchev–Trinajstić information content (AvgIpc) is 2.57. The fourth-order valence-electron chi connectivity index (χ4n) is 1.51. The molecule has 4 nitrogen and oxygen atoms in total. The predicted octanol–water partition coefficient (Wildman–Crippen LogP) is -0.222. The van der Waals surface area contributed by atoms with Crippen LogP contribution in [0.1, 0.15) is 12.5 Å². The third kappa shape index (κ3) is 1.25. The molecule has 0 aliphatic carbocycles. The molecule has 1 aromatic rings. The summed E-state index contributed by atoms with van der Waals surface area (Å²) in [6, 6.07) is 1.80. The molecule has 0 amide bonds. The van der Waals surface area contributed by atoms with Crippen LogP contribution in [-0.4, -0.2) is 22.6 Å². The van der Waals surface area contributed by atoms with E-state index in [0.717, 1.165) is 19.5 Å². The van der Waals surface area contributed by atoms with Gasteiger partial charge in [0.15, 0.2) is 0 Å². The maximum absolute atomic E-state index is 11.3. The number of nitrogens with zero attached hydrogens (tertiary/aromatic N) is 2. The Bertz CT molecular complexity index is 314. The molecule has 64 valence electrons. The van der Waals surface area contributed by atoms with Gasteiger partial charge in [-0.25, -0.2) is 4.98 Å². The molecule has 2 heterocycles. The smallest absolute Gasteiger partial charge is 0.253 e. The molecule has 1 N–H and O–H groups in total. The van der Waals surface area contributed by atoms with Crippen LogP contribution in [0.3, 0.4) is 0 Å². The second kappa shape index (κ2) is 3.06. The summed E-state index contributed by atoms with van der Waals surface area (Å²) in [6.07, 6.45) is 4.16. The quantitative estimate of drug-likeness (QED) is 0.625. The highest BCUT2D eigenvalue weighted by atomic mass is 16.1. The number of hydrogen-bond donors (Lipinski definition) is 1. The minimum Gasteiger partial charge on any atom is -0.315 e. The Morgan fingerprint density at radius 2 is 2.58 bits per heavy atom. The molecule has 0 spiro atoms. The zero-order valence-corrected chi connectivity index (χ0v) is 6.73. The van der Waals surface area contributed by atoms with Crippen molar-refractivity contribution >= 4 is 0 Å². The van der Waals surface area contributed by atoms with Gasteiger partial charge in [0, 0.05) is 18.8 Å². The minimum absolute atomic E-state index is 0.0405. The van der Waals surface area contributed by atoms with Crippen LogP contribution in [0.5, 0.6) is 0 Å². The molecular weight excluding hydrogens is 154 g/mol. The van der Waals surface area contributed by atoms with Crippen LogP contribution in [0.25, 0.3) is 0 Å². The number of rotatable bonds is 1. The minimum atomic E-state index is 0.0405. The SMILES string of the molecule is O=c1ccncn1C1CCNC1. The number of hydrogen-bond acceptors (Lipinski definition) is 3. The zero-order valence-electron chi connectivity index (χ0n) is 6.73. The largest absolute Gasteiger partial charge is 0.315 e. The molecule has 0 radical (unpaired) electrons. The van der Waals surface area contributed by atoms with Gasteiger partial charge in [0.1, 0.15) is 0 Å². The first-order valence-corrected chi connectivity index (χ1v) is 4.11. The lowest BCUT2D eigenvalue weighted by molar-refractivity contribution is 0.521. The predicted molar refractivity (Wildman–Crippen MR) is 45.0 cm³/mol. The molecule has 1 saturated heterocycles. The summed E-state index contributed by atoms with van der Waals surface area (Å²) in [5, 5.41) is 3.21. The highest BCUT2D eigenvalue weighted by molar-refractivity contribution is 4.88. The van der Waals surface area contributed by atoms with Gasteiger partial charge in [0.25, 0.3) is 5.56 Å².